The van der Waals surface area contributed by atoms with E-state index in [1.54, 1.807) is 23.0 Å². The van der Waals surface area contributed by atoms with E-state index < -0.39 is 0 Å². The van der Waals surface area contributed by atoms with E-state index in [0.717, 1.165) is 11.3 Å². The number of carbonyl (C=O) groups is 1. The quantitative estimate of drug-likeness (QED) is 0.501. The Morgan fingerprint density at radius 3 is 2.37 bits per heavy atom. The number of aromatic nitrogens is 3. The summed E-state index contributed by atoms with van der Waals surface area (Å²) in [6.07, 6.45) is 1.79. The Balaban J connectivity index is 1.72. The molecule has 0 aliphatic rings. The first-order chi connectivity index (χ1) is 13.1. The summed E-state index contributed by atoms with van der Waals surface area (Å²) in [5.74, 6) is -0.559. The summed E-state index contributed by atoms with van der Waals surface area (Å²) in [4.78, 5) is 12.9. The van der Waals surface area contributed by atoms with Gasteiger partial charge in [0.15, 0.2) is 5.78 Å². The van der Waals surface area contributed by atoms with Crippen LogP contribution in [0.15, 0.2) is 79.0 Å². The van der Waals surface area contributed by atoms with E-state index in [2.05, 4.69) is 10.3 Å². The first-order valence-corrected chi connectivity index (χ1v) is 8.51. The van der Waals surface area contributed by atoms with Gasteiger partial charge >= 0.3 is 0 Å². The molecule has 0 saturated carbocycles. The third kappa shape index (κ3) is 3.40. The highest BCUT2D eigenvalue weighted by Crippen LogP contribution is 2.25. The van der Waals surface area contributed by atoms with Gasteiger partial charge in [0.2, 0.25) is 0 Å². The third-order valence-corrected chi connectivity index (χ3v) is 4.35. The number of carbonyl (C=O) groups excluding carboxylic acids is 1. The van der Waals surface area contributed by atoms with Crippen molar-refractivity contribution in [3.8, 4) is 16.9 Å². The smallest absolute Gasteiger partial charge is 0.193 e. The largest absolute Gasteiger partial charge is 0.289 e. The van der Waals surface area contributed by atoms with Crippen LogP contribution in [-0.4, -0.2) is 20.8 Å². The van der Waals surface area contributed by atoms with Crippen LogP contribution in [0.3, 0.4) is 0 Å². The van der Waals surface area contributed by atoms with Crippen LogP contribution in [0.5, 0.6) is 0 Å². The van der Waals surface area contributed by atoms with Crippen LogP contribution < -0.4 is 0 Å². The lowest BCUT2D eigenvalue weighted by Crippen LogP contribution is -2.03. The number of hydrogen-bond donors (Lipinski definition) is 0. The zero-order chi connectivity index (χ0) is 18.8. The molecule has 0 N–H and O–H groups in total. The second kappa shape index (κ2) is 6.96. The molecule has 132 valence electrons. The molecule has 0 unspecified atom stereocenters. The first kappa shape index (κ1) is 16.8. The molecule has 1 heterocycles. The van der Waals surface area contributed by atoms with E-state index in [4.69, 9.17) is 0 Å². The monoisotopic (exact) mass is 357 g/mol. The molecule has 0 spiro atoms. The summed E-state index contributed by atoms with van der Waals surface area (Å²) in [5.41, 5.74) is 4.26. The van der Waals surface area contributed by atoms with Crippen molar-refractivity contribution in [3.05, 3.63) is 102 Å². The normalized spacial score (nSPS) is 10.7. The lowest BCUT2D eigenvalue weighted by atomic mass is 9.97. The molecule has 0 aliphatic carbocycles. The van der Waals surface area contributed by atoms with Crippen molar-refractivity contribution in [2.45, 2.75) is 6.92 Å². The van der Waals surface area contributed by atoms with Gasteiger partial charge in [-0.05, 0) is 43.3 Å². The van der Waals surface area contributed by atoms with Crippen molar-refractivity contribution in [1.82, 2.24) is 15.0 Å². The highest BCUT2D eigenvalue weighted by molar-refractivity contribution is 6.12. The van der Waals surface area contributed by atoms with E-state index in [1.807, 2.05) is 43.3 Å². The SMILES string of the molecule is Cc1ccc(-n2cc(-c3ccccc3C(=O)c3ccc(F)cc3)nn2)cc1. The predicted molar refractivity (Wildman–Crippen MR) is 101 cm³/mol. The number of benzene rings is 3. The number of nitrogens with zero attached hydrogens (tertiary/aromatic N) is 3. The van der Waals surface area contributed by atoms with Crippen LogP contribution in [0.1, 0.15) is 21.5 Å². The van der Waals surface area contributed by atoms with E-state index in [1.165, 1.54) is 24.3 Å². The van der Waals surface area contributed by atoms with Gasteiger partial charge in [-0.15, -0.1) is 5.10 Å². The summed E-state index contributed by atoms with van der Waals surface area (Å²) < 4.78 is 14.8. The molecule has 0 bridgehead atoms. The molecule has 0 fully saturated rings. The van der Waals surface area contributed by atoms with E-state index in [0.29, 0.717) is 22.4 Å². The predicted octanol–water partition coefficient (Wildman–Crippen LogP) is 4.61. The summed E-state index contributed by atoms with van der Waals surface area (Å²) in [5, 5.41) is 8.42. The lowest BCUT2D eigenvalue weighted by molar-refractivity contribution is 0.103. The summed E-state index contributed by atoms with van der Waals surface area (Å²) in [6.45, 7) is 2.02. The summed E-state index contributed by atoms with van der Waals surface area (Å²) in [7, 11) is 0. The zero-order valence-electron chi connectivity index (χ0n) is 14.6. The van der Waals surface area contributed by atoms with Gasteiger partial charge in [-0.2, -0.15) is 0 Å². The van der Waals surface area contributed by atoms with Crippen LogP contribution in [0.2, 0.25) is 0 Å². The lowest BCUT2D eigenvalue weighted by Gasteiger charge is -2.06. The molecule has 4 nitrogen and oxygen atoms in total. The van der Waals surface area contributed by atoms with Gasteiger partial charge in [-0.3, -0.25) is 4.79 Å². The summed E-state index contributed by atoms with van der Waals surface area (Å²) in [6, 6.07) is 20.7. The number of ketones is 1. The number of halogens is 1. The number of rotatable bonds is 4. The van der Waals surface area contributed by atoms with Crippen LogP contribution in [-0.2, 0) is 0 Å². The Kier molecular flexibility index (Phi) is 4.34. The van der Waals surface area contributed by atoms with Crippen molar-refractivity contribution in [1.29, 1.82) is 0 Å². The van der Waals surface area contributed by atoms with Gasteiger partial charge < -0.3 is 0 Å². The highest BCUT2D eigenvalue weighted by Gasteiger charge is 2.17. The average Bonchev–Trinajstić information content (AvgIpc) is 3.19. The van der Waals surface area contributed by atoms with Crippen LogP contribution in [0, 0.1) is 12.7 Å². The third-order valence-electron chi connectivity index (χ3n) is 4.35. The molecule has 1 aromatic heterocycles. The van der Waals surface area contributed by atoms with Crippen LogP contribution in [0.25, 0.3) is 16.9 Å². The zero-order valence-corrected chi connectivity index (χ0v) is 14.6. The number of hydrogen-bond acceptors (Lipinski definition) is 3. The molecule has 0 atom stereocenters. The minimum Gasteiger partial charge on any atom is -0.289 e. The molecule has 27 heavy (non-hydrogen) atoms. The molecule has 4 aromatic rings. The minimum atomic E-state index is -0.374. The van der Waals surface area contributed by atoms with Gasteiger partial charge in [-0.25, -0.2) is 9.07 Å². The molecule has 5 heteroatoms. The Morgan fingerprint density at radius 1 is 0.926 bits per heavy atom. The maximum absolute atomic E-state index is 13.2. The second-order valence-corrected chi connectivity index (χ2v) is 6.27. The summed E-state index contributed by atoms with van der Waals surface area (Å²) >= 11 is 0. The fraction of sp³-hybridized carbons (Fsp3) is 0.0455. The second-order valence-electron chi connectivity index (χ2n) is 6.27. The topological polar surface area (TPSA) is 47.8 Å². The van der Waals surface area contributed by atoms with E-state index >= 15 is 0 Å². The first-order valence-electron chi connectivity index (χ1n) is 8.51. The maximum Gasteiger partial charge on any atom is 0.193 e. The average molecular weight is 357 g/mol. The van der Waals surface area contributed by atoms with Crippen molar-refractivity contribution in [2.75, 3.05) is 0 Å². The van der Waals surface area contributed by atoms with Crippen molar-refractivity contribution >= 4 is 5.78 Å². The maximum atomic E-state index is 13.2. The minimum absolute atomic E-state index is 0.185. The van der Waals surface area contributed by atoms with Gasteiger partial charge in [0, 0.05) is 16.7 Å². The van der Waals surface area contributed by atoms with Gasteiger partial charge in [0.1, 0.15) is 11.5 Å². The molecule has 0 saturated heterocycles. The highest BCUT2D eigenvalue weighted by atomic mass is 19.1. The van der Waals surface area contributed by atoms with Gasteiger partial charge in [-0.1, -0.05) is 47.2 Å². The standard InChI is InChI=1S/C22H16FN3O/c1-15-6-12-18(13-7-15)26-14-21(24-25-26)19-4-2-3-5-20(19)22(27)16-8-10-17(23)11-9-16/h2-14H,1H3. The Morgan fingerprint density at radius 2 is 1.63 bits per heavy atom. The van der Waals surface area contributed by atoms with Crippen LogP contribution >= 0.6 is 0 Å². The van der Waals surface area contributed by atoms with Crippen molar-refractivity contribution in [3.63, 3.8) is 0 Å². The Bertz CT molecular complexity index is 1100. The molecular weight excluding hydrogens is 341 g/mol. The molecule has 0 amide bonds. The van der Waals surface area contributed by atoms with Gasteiger partial charge in [0.25, 0.3) is 0 Å². The van der Waals surface area contributed by atoms with E-state index in [-0.39, 0.29) is 11.6 Å². The Hall–Kier alpha value is -3.60. The molecule has 3 aromatic carbocycles. The molecule has 4 rings (SSSR count). The fourth-order valence-electron chi connectivity index (χ4n) is 2.87. The van der Waals surface area contributed by atoms with Crippen molar-refractivity contribution < 1.29 is 9.18 Å². The molecular formula is C22H16FN3O. The Labute approximate surface area is 155 Å². The van der Waals surface area contributed by atoms with Crippen LogP contribution in [0.4, 0.5) is 4.39 Å². The fourth-order valence-corrected chi connectivity index (χ4v) is 2.87. The van der Waals surface area contributed by atoms with Crippen molar-refractivity contribution in [2.24, 2.45) is 0 Å². The molecule has 0 aliphatic heterocycles. The number of aryl methyl sites for hydroxylation is 1. The van der Waals surface area contributed by atoms with E-state index in [9.17, 15) is 9.18 Å². The molecule has 0 radical (unpaired) electrons. The van der Waals surface area contributed by atoms with Gasteiger partial charge in [0.05, 0.1) is 11.9 Å².